The zero-order valence-corrected chi connectivity index (χ0v) is 15.0. The van der Waals surface area contributed by atoms with Gasteiger partial charge in [0.25, 0.3) is 0 Å². The molecule has 0 amide bonds. The highest BCUT2D eigenvalue weighted by Gasteiger charge is 2.41. The Labute approximate surface area is 144 Å². The van der Waals surface area contributed by atoms with Crippen LogP contribution in [0.2, 0.25) is 0 Å². The third-order valence-electron chi connectivity index (χ3n) is 5.19. The van der Waals surface area contributed by atoms with Gasteiger partial charge in [-0.05, 0) is 43.1 Å². The molecule has 0 radical (unpaired) electrons. The standard InChI is InChI=1S/C18H29N3OS/c1-23-14-11-20-17(19-10-6-16-5-4-13-22-16)21-12-9-18(15-21)7-2-3-8-18/h4-5,13H,2-3,6-12,14-15H2,1H3,(H,19,20). The van der Waals surface area contributed by atoms with E-state index in [0.717, 1.165) is 43.5 Å². The maximum absolute atomic E-state index is 5.42. The second kappa shape index (κ2) is 8.13. The van der Waals surface area contributed by atoms with Crippen molar-refractivity contribution in [2.24, 2.45) is 10.4 Å². The molecular weight excluding hydrogens is 306 g/mol. The van der Waals surface area contributed by atoms with Gasteiger partial charge in [-0.15, -0.1) is 0 Å². The van der Waals surface area contributed by atoms with E-state index in [1.165, 1.54) is 38.6 Å². The van der Waals surface area contributed by atoms with Crippen LogP contribution in [0, 0.1) is 5.41 Å². The Balaban J connectivity index is 1.55. The van der Waals surface area contributed by atoms with Gasteiger partial charge in [-0.3, -0.25) is 4.99 Å². The predicted octanol–water partition coefficient (Wildman–Crippen LogP) is 3.40. The Kier molecular flexibility index (Phi) is 5.92. The molecule has 1 aromatic rings. The van der Waals surface area contributed by atoms with E-state index in [2.05, 4.69) is 16.5 Å². The summed E-state index contributed by atoms with van der Waals surface area (Å²) in [5.41, 5.74) is 0.586. The van der Waals surface area contributed by atoms with Crippen molar-refractivity contribution in [3.05, 3.63) is 24.2 Å². The largest absolute Gasteiger partial charge is 0.469 e. The molecule has 2 aliphatic rings. The SMILES string of the molecule is CSCCN=C(NCCc1ccco1)N1CCC2(CCCC2)C1. The molecule has 128 valence electrons. The summed E-state index contributed by atoms with van der Waals surface area (Å²) in [6, 6.07) is 3.99. The van der Waals surface area contributed by atoms with Gasteiger partial charge in [0, 0.05) is 31.8 Å². The lowest BCUT2D eigenvalue weighted by Gasteiger charge is -2.26. The highest BCUT2D eigenvalue weighted by atomic mass is 32.2. The van der Waals surface area contributed by atoms with Crippen LogP contribution in [-0.4, -0.2) is 49.0 Å². The third-order valence-corrected chi connectivity index (χ3v) is 5.78. The molecule has 1 spiro atoms. The van der Waals surface area contributed by atoms with E-state index < -0.39 is 0 Å². The lowest BCUT2D eigenvalue weighted by Crippen LogP contribution is -2.42. The van der Waals surface area contributed by atoms with E-state index in [9.17, 15) is 0 Å². The Bertz CT molecular complexity index is 494. The fraction of sp³-hybridized carbons (Fsp3) is 0.722. The monoisotopic (exact) mass is 335 g/mol. The van der Waals surface area contributed by atoms with Crippen molar-refractivity contribution < 1.29 is 4.42 Å². The van der Waals surface area contributed by atoms with Crippen LogP contribution in [0.1, 0.15) is 37.9 Å². The number of thioether (sulfide) groups is 1. The molecular formula is C18H29N3OS. The molecule has 1 aliphatic heterocycles. The van der Waals surface area contributed by atoms with Crippen LogP contribution in [0.5, 0.6) is 0 Å². The number of aliphatic imine (C=N–C) groups is 1. The molecule has 4 nitrogen and oxygen atoms in total. The molecule has 5 heteroatoms. The molecule has 2 fully saturated rings. The summed E-state index contributed by atoms with van der Waals surface area (Å²) >= 11 is 1.86. The molecule has 2 heterocycles. The van der Waals surface area contributed by atoms with Crippen LogP contribution in [0.4, 0.5) is 0 Å². The first kappa shape index (κ1) is 16.7. The molecule has 0 aromatic carbocycles. The Morgan fingerprint density at radius 1 is 1.39 bits per heavy atom. The van der Waals surface area contributed by atoms with E-state index >= 15 is 0 Å². The predicted molar refractivity (Wildman–Crippen MR) is 98.2 cm³/mol. The van der Waals surface area contributed by atoms with Crippen LogP contribution in [0.25, 0.3) is 0 Å². The third kappa shape index (κ3) is 4.46. The van der Waals surface area contributed by atoms with Gasteiger partial charge < -0.3 is 14.6 Å². The molecule has 1 aromatic heterocycles. The van der Waals surface area contributed by atoms with Crippen molar-refractivity contribution in [3.8, 4) is 0 Å². The van der Waals surface area contributed by atoms with E-state index in [1.807, 2.05) is 23.9 Å². The molecule has 1 saturated heterocycles. The van der Waals surface area contributed by atoms with Gasteiger partial charge in [0.15, 0.2) is 5.96 Å². The fourth-order valence-corrected chi connectivity index (χ4v) is 4.19. The fourth-order valence-electron chi connectivity index (χ4n) is 3.91. The lowest BCUT2D eigenvalue weighted by molar-refractivity contribution is 0.309. The highest BCUT2D eigenvalue weighted by Crippen LogP contribution is 2.45. The van der Waals surface area contributed by atoms with Crippen LogP contribution in [-0.2, 0) is 6.42 Å². The van der Waals surface area contributed by atoms with Gasteiger partial charge >= 0.3 is 0 Å². The summed E-state index contributed by atoms with van der Waals surface area (Å²) in [7, 11) is 0. The zero-order valence-electron chi connectivity index (χ0n) is 14.2. The van der Waals surface area contributed by atoms with Gasteiger partial charge in [-0.2, -0.15) is 11.8 Å². The molecule has 0 bridgehead atoms. The number of likely N-dealkylation sites (tertiary alicyclic amines) is 1. The molecule has 3 rings (SSSR count). The molecule has 0 unspecified atom stereocenters. The van der Waals surface area contributed by atoms with E-state index in [0.29, 0.717) is 5.41 Å². The number of nitrogens with one attached hydrogen (secondary N) is 1. The van der Waals surface area contributed by atoms with Gasteiger partial charge in [0.05, 0.1) is 12.8 Å². The van der Waals surface area contributed by atoms with E-state index in [1.54, 1.807) is 6.26 Å². The summed E-state index contributed by atoms with van der Waals surface area (Å²) in [6.07, 6.45) is 11.8. The minimum atomic E-state index is 0.586. The maximum Gasteiger partial charge on any atom is 0.193 e. The summed E-state index contributed by atoms with van der Waals surface area (Å²) < 4.78 is 5.42. The molecule has 1 aliphatic carbocycles. The summed E-state index contributed by atoms with van der Waals surface area (Å²) in [6.45, 7) is 4.13. The van der Waals surface area contributed by atoms with Crippen LogP contribution < -0.4 is 5.32 Å². The number of furan rings is 1. The topological polar surface area (TPSA) is 40.8 Å². The average Bonchev–Trinajstić information content (AvgIpc) is 3.30. The van der Waals surface area contributed by atoms with E-state index in [-0.39, 0.29) is 0 Å². The van der Waals surface area contributed by atoms with Crippen LogP contribution in [0.3, 0.4) is 0 Å². The van der Waals surface area contributed by atoms with Gasteiger partial charge in [0.1, 0.15) is 5.76 Å². The second-order valence-corrected chi connectivity index (χ2v) is 7.82. The van der Waals surface area contributed by atoms with Gasteiger partial charge in [0.2, 0.25) is 0 Å². The first-order valence-electron chi connectivity index (χ1n) is 8.86. The zero-order chi connectivity index (χ0) is 16.0. The highest BCUT2D eigenvalue weighted by molar-refractivity contribution is 7.98. The number of hydrogen-bond acceptors (Lipinski definition) is 3. The minimum absolute atomic E-state index is 0.586. The molecule has 23 heavy (non-hydrogen) atoms. The summed E-state index contributed by atoms with van der Waals surface area (Å²) in [4.78, 5) is 7.34. The number of guanidine groups is 1. The normalized spacial score (nSPS) is 20.6. The minimum Gasteiger partial charge on any atom is -0.469 e. The van der Waals surface area contributed by atoms with Crippen molar-refractivity contribution >= 4 is 17.7 Å². The van der Waals surface area contributed by atoms with E-state index in [4.69, 9.17) is 9.41 Å². The first-order valence-corrected chi connectivity index (χ1v) is 10.3. The molecule has 1 saturated carbocycles. The second-order valence-electron chi connectivity index (χ2n) is 6.83. The number of rotatable bonds is 6. The number of hydrogen-bond donors (Lipinski definition) is 1. The van der Waals surface area contributed by atoms with Crippen molar-refractivity contribution in [1.29, 1.82) is 0 Å². The lowest BCUT2D eigenvalue weighted by atomic mass is 9.86. The van der Waals surface area contributed by atoms with Crippen molar-refractivity contribution in [2.45, 2.75) is 38.5 Å². The van der Waals surface area contributed by atoms with Crippen molar-refractivity contribution in [1.82, 2.24) is 10.2 Å². The Morgan fingerprint density at radius 2 is 2.26 bits per heavy atom. The summed E-state index contributed by atoms with van der Waals surface area (Å²) in [5.74, 6) is 3.23. The summed E-state index contributed by atoms with van der Waals surface area (Å²) in [5, 5.41) is 3.57. The Hall–Kier alpha value is -1.10. The molecule has 1 N–H and O–H groups in total. The van der Waals surface area contributed by atoms with Gasteiger partial charge in [-0.25, -0.2) is 0 Å². The van der Waals surface area contributed by atoms with Crippen LogP contribution in [0.15, 0.2) is 27.8 Å². The quantitative estimate of drug-likeness (QED) is 0.491. The molecule has 0 atom stereocenters. The Morgan fingerprint density at radius 3 is 3.00 bits per heavy atom. The van der Waals surface area contributed by atoms with Gasteiger partial charge in [-0.1, -0.05) is 12.8 Å². The number of nitrogens with zero attached hydrogens (tertiary/aromatic N) is 2. The van der Waals surface area contributed by atoms with Crippen LogP contribution >= 0.6 is 11.8 Å². The smallest absolute Gasteiger partial charge is 0.193 e. The first-order chi connectivity index (χ1) is 11.3. The average molecular weight is 336 g/mol. The van der Waals surface area contributed by atoms with Crippen molar-refractivity contribution in [3.63, 3.8) is 0 Å². The van der Waals surface area contributed by atoms with Crippen molar-refractivity contribution in [2.75, 3.05) is 38.2 Å². The maximum atomic E-state index is 5.42.